The van der Waals surface area contributed by atoms with Gasteiger partial charge in [0.1, 0.15) is 6.10 Å². The predicted octanol–water partition coefficient (Wildman–Crippen LogP) is 5.37. The van der Waals surface area contributed by atoms with E-state index in [9.17, 15) is 35.5 Å². The van der Waals surface area contributed by atoms with Crippen molar-refractivity contribution in [3.63, 3.8) is 0 Å². The van der Waals surface area contributed by atoms with E-state index < -0.39 is 78.5 Å². The summed E-state index contributed by atoms with van der Waals surface area (Å²) in [5.41, 5.74) is -3.15. The molecule has 1 aromatic carbocycles. The number of alkyl halides is 7. The van der Waals surface area contributed by atoms with Crippen LogP contribution in [-0.2, 0) is 22.1 Å². The number of hydrogen-bond donors (Lipinski definition) is 0. The van der Waals surface area contributed by atoms with Gasteiger partial charge in [-0.2, -0.15) is 18.3 Å². The highest BCUT2D eigenvalue weighted by atomic mass is 19.4. The Morgan fingerprint density at radius 2 is 1.79 bits per heavy atom. The van der Waals surface area contributed by atoms with Gasteiger partial charge >= 0.3 is 12.1 Å². The van der Waals surface area contributed by atoms with Gasteiger partial charge in [-0.15, -0.1) is 0 Å². The summed E-state index contributed by atoms with van der Waals surface area (Å²) < 4.78 is 109. The maximum absolute atomic E-state index is 14.9. The van der Waals surface area contributed by atoms with Crippen molar-refractivity contribution in [1.82, 2.24) is 9.78 Å². The number of ether oxygens (including phenoxy) is 2. The molecule has 2 aromatic rings. The Kier molecular flexibility index (Phi) is 5.70. The first kappa shape index (κ1) is 23.5. The number of carbonyl (C=O) groups is 1. The van der Waals surface area contributed by atoms with E-state index in [1.165, 1.54) is 24.3 Å². The fourth-order valence-corrected chi connectivity index (χ4v) is 4.41. The van der Waals surface area contributed by atoms with Gasteiger partial charge in [0.2, 0.25) is 0 Å². The van der Waals surface area contributed by atoms with Gasteiger partial charge in [-0.25, -0.2) is 22.4 Å². The third-order valence-corrected chi connectivity index (χ3v) is 6.00. The second-order valence-corrected chi connectivity index (χ2v) is 8.15. The fraction of sp³-hybridized carbons (Fsp3) is 0.524. The van der Waals surface area contributed by atoms with Crippen molar-refractivity contribution in [3.8, 4) is 0 Å². The van der Waals surface area contributed by atoms with Crippen molar-refractivity contribution in [1.29, 1.82) is 0 Å². The van der Waals surface area contributed by atoms with Crippen LogP contribution in [0.4, 0.5) is 30.7 Å². The van der Waals surface area contributed by atoms with Crippen LogP contribution in [0.1, 0.15) is 58.7 Å². The third-order valence-electron chi connectivity index (χ3n) is 6.00. The van der Waals surface area contributed by atoms with E-state index in [0.717, 1.165) is 11.8 Å². The Morgan fingerprint density at radius 1 is 1.12 bits per heavy atom. The molecule has 0 aliphatic heterocycles. The lowest BCUT2D eigenvalue weighted by Gasteiger charge is -2.35. The van der Waals surface area contributed by atoms with Gasteiger partial charge in [0, 0.05) is 20.0 Å². The molecule has 0 spiro atoms. The maximum Gasteiger partial charge on any atom is 0.435 e. The SMILES string of the molecule is CO[C@H]1C[C@@H](n2nc(C(F)(F)F)c3c2CC(F)(F)[C@H]3OC(=O)c2ccccc2)CCC1(F)F. The van der Waals surface area contributed by atoms with Crippen molar-refractivity contribution in [2.75, 3.05) is 7.11 Å². The lowest BCUT2D eigenvalue weighted by molar-refractivity contribution is -0.156. The molecule has 0 N–H and O–H groups in total. The zero-order valence-corrected chi connectivity index (χ0v) is 17.2. The average molecular weight is 480 g/mol. The van der Waals surface area contributed by atoms with Crippen molar-refractivity contribution < 1.29 is 45.0 Å². The van der Waals surface area contributed by atoms with E-state index in [4.69, 9.17) is 9.47 Å². The molecule has 180 valence electrons. The summed E-state index contributed by atoms with van der Waals surface area (Å²) >= 11 is 0. The van der Waals surface area contributed by atoms with Crippen LogP contribution in [0.2, 0.25) is 0 Å². The van der Waals surface area contributed by atoms with Crippen LogP contribution < -0.4 is 0 Å². The molecule has 1 saturated carbocycles. The van der Waals surface area contributed by atoms with Crippen LogP contribution in [-0.4, -0.2) is 40.8 Å². The molecule has 4 rings (SSSR count). The normalized spacial score (nSPS) is 26.1. The highest BCUT2D eigenvalue weighted by Gasteiger charge is 2.58. The van der Waals surface area contributed by atoms with E-state index in [1.807, 2.05) is 0 Å². The fourth-order valence-electron chi connectivity index (χ4n) is 4.41. The van der Waals surface area contributed by atoms with Crippen LogP contribution in [0.3, 0.4) is 0 Å². The smallest absolute Gasteiger partial charge is 0.435 e. The minimum atomic E-state index is -5.13. The Hall–Kier alpha value is -2.63. The topological polar surface area (TPSA) is 53.4 Å². The van der Waals surface area contributed by atoms with Crippen LogP contribution in [0, 0.1) is 0 Å². The molecule has 0 radical (unpaired) electrons. The summed E-state index contributed by atoms with van der Waals surface area (Å²) in [6.07, 6.45) is -11.8. The summed E-state index contributed by atoms with van der Waals surface area (Å²) in [7, 11) is 1.04. The molecule has 12 heteroatoms. The van der Waals surface area contributed by atoms with Gasteiger partial charge in [-0.05, 0) is 18.6 Å². The molecule has 1 heterocycles. The minimum absolute atomic E-state index is 0.111. The van der Waals surface area contributed by atoms with Crippen molar-refractivity contribution in [2.45, 2.75) is 62.0 Å². The van der Waals surface area contributed by atoms with Crippen molar-refractivity contribution in [3.05, 3.63) is 52.8 Å². The molecular formula is C21H19F7N2O3. The molecule has 0 unspecified atom stereocenters. The number of fused-ring (bicyclic) bond motifs is 1. The lowest BCUT2D eigenvalue weighted by atomic mass is 9.89. The second kappa shape index (κ2) is 8.00. The number of aromatic nitrogens is 2. The predicted molar refractivity (Wildman–Crippen MR) is 99.1 cm³/mol. The monoisotopic (exact) mass is 480 g/mol. The molecule has 0 bridgehead atoms. The van der Waals surface area contributed by atoms with Crippen LogP contribution in [0.25, 0.3) is 0 Å². The van der Waals surface area contributed by atoms with Gasteiger partial charge in [0.25, 0.3) is 11.8 Å². The molecule has 2 aliphatic carbocycles. The largest absolute Gasteiger partial charge is 0.447 e. The summed E-state index contributed by atoms with van der Waals surface area (Å²) in [4.78, 5) is 12.4. The van der Waals surface area contributed by atoms with Gasteiger partial charge in [-0.3, -0.25) is 4.68 Å². The number of halogens is 7. The standard InChI is InChI=1S/C21H19F7N2O3/c1-32-14-9-12(7-8-19(14,22)23)30-13-10-20(24,25)17(15(13)16(29-30)21(26,27)28)33-18(31)11-5-3-2-4-6-11/h2-6,12,14,17H,7-10H2,1H3/t12-,14-,17-/m0/s1. The van der Waals surface area contributed by atoms with E-state index in [0.29, 0.717) is 0 Å². The van der Waals surface area contributed by atoms with E-state index in [1.54, 1.807) is 6.07 Å². The van der Waals surface area contributed by atoms with Crippen molar-refractivity contribution >= 4 is 5.97 Å². The van der Waals surface area contributed by atoms with E-state index >= 15 is 0 Å². The molecule has 5 nitrogen and oxygen atoms in total. The highest BCUT2D eigenvalue weighted by Crippen LogP contribution is 2.52. The summed E-state index contributed by atoms with van der Waals surface area (Å²) in [5.74, 6) is -8.27. The zero-order valence-electron chi connectivity index (χ0n) is 17.2. The van der Waals surface area contributed by atoms with Crippen LogP contribution in [0.15, 0.2) is 30.3 Å². The number of esters is 1. The maximum atomic E-state index is 14.9. The zero-order chi connectivity index (χ0) is 24.2. The first-order valence-corrected chi connectivity index (χ1v) is 10.1. The Balaban J connectivity index is 1.74. The van der Waals surface area contributed by atoms with Crippen molar-refractivity contribution in [2.24, 2.45) is 0 Å². The van der Waals surface area contributed by atoms with E-state index in [2.05, 4.69) is 5.10 Å². The van der Waals surface area contributed by atoms with Gasteiger partial charge < -0.3 is 9.47 Å². The molecule has 0 amide bonds. The van der Waals surface area contributed by atoms with Gasteiger partial charge in [-0.1, -0.05) is 18.2 Å². The summed E-state index contributed by atoms with van der Waals surface area (Å²) in [6, 6.07) is 5.98. The molecule has 33 heavy (non-hydrogen) atoms. The number of rotatable bonds is 4. The molecular weight excluding hydrogens is 461 g/mol. The quantitative estimate of drug-likeness (QED) is 0.437. The number of hydrogen-bond acceptors (Lipinski definition) is 4. The number of nitrogens with zero attached hydrogens (tertiary/aromatic N) is 2. The van der Waals surface area contributed by atoms with Crippen LogP contribution in [0.5, 0.6) is 0 Å². The Bertz CT molecular complexity index is 1040. The number of carbonyl (C=O) groups excluding carboxylic acids is 1. The second-order valence-electron chi connectivity index (χ2n) is 8.15. The molecule has 1 aromatic heterocycles. The minimum Gasteiger partial charge on any atom is -0.447 e. The summed E-state index contributed by atoms with van der Waals surface area (Å²) in [6.45, 7) is 0. The highest BCUT2D eigenvalue weighted by molar-refractivity contribution is 5.89. The van der Waals surface area contributed by atoms with Crippen LogP contribution >= 0.6 is 0 Å². The summed E-state index contributed by atoms with van der Waals surface area (Å²) in [5, 5.41) is 3.51. The average Bonchev–Trinajstić information content (AvgIpc) is 3.22. The van der Waals surface area contributed by atoms with E-state index in [-0.39, 0.29) is 12.0 Å². The molecule has 1 fully saturated rings. The molecule has 2 aliphatic rings. The third kappa shape index (κ3) is 4.20. The first-order chi connectivity index (χ1) is 15.3. The Labute approximate surface area is 183 Å². The molecule has 3 atom stereocenters. The molecule has 0 saturated heterocycles. The lowest BCUT2D eigenvalue weighted by Crippen LogP contribution is -2.42. The van der Waals surface area contributed by atoms with Gasteiger partial charge in [0.15, 0.2) is 11.8 Å². The number of methoxy groups -OCH3 is 1. The first-order valence-electron chi connectivity index (χ1n) is 10.1. The number of benzene rings is 1. The Morgan fingerprint density at radius 3 is 2.39 bits per heavy atom. The van der Waals surface area contributed by atoms with Gasteiger partial charge in [0.05, 0.1) is 29.3 Å².